The summed E-state index contributed by atoms with van der Waals surface area (Å²) in [6.07, 6.45) is 30.8. The van der Waals surface area contributed by atoms with Crippen LogP contribution in [0.4, 0.5) is 0 Å². The molecule has 0 aromatic carbocycles. The average molecular weight is 539 g/mol. The highest BCUT2D eigenvalue weighted by Gasteiger charge is 2.14. The molecule has 0 radical (unpaired) electrons. The van der Waals surface area contributed by atoms with Gasteiger partial charge in [-0.1, -0.05) is 124 Å². The second-order valence-corrected chi connectivity index (χ2v) is 11.8. The van der Waals surface area contributed by atoms with Gasteiger partial charge in [0.25, 0.3) is 0 Å². The quantitative estimate of drug-likeness (QED) is 0.0704. The van der Waals surface area contributed by atoms with Crippen molar-refractivity contribution in [1.29, 1.82) is 0 Å². The fraction of sp³-hybridized carbons (Fsp3) is 0.971. The van der Waals surface area contributed by atoms with Crippen molar-refractivity contribution in [3.05, 3.63) is 0 Å². The summed E-state index contributed by atoms with van der Waals surface area (Å²) in [5.74, 6) is 0.0482. The van der Waals surface area contributed by atoms with Gasteiger partial charge < -0.3 is 15.4 Å². The van der Waals surface area contributed by atoms with E-state index in [-0.39, 0.29) is 12.1 Å². The minimum atomic E-state index is 0.0482. The van der Waals surface area contributed by atoms with Gasteiger partial charge in [-0.25, -0.2) is 0 Å². The molecule has 0 aliphatic rings. The van der Waals surface area contributed by atoms with E-state index in [0.29, 0.717) is 6.42 Å². The van der Waals surface area contributed by atoms with Gasteiger partial charge in [0.05, 0.1) is 0 Å². The first-order valence-corrected chi connectivity index (χ1v) is 17.3. The Kier molecular flexibility index (Phi) is 30.4. The third kappa shape index (κ3) is 27.0. The molecule has 228 valence electrons. The highest BCUT2D eigenvalue weighted by atomic mass is 16.5. The van der Waals surface area contributed by atoms with E-state index in [1.807, 2.05) is 0 Å². The first kappa shape index (κ1) is 37.4. The molecule has 0 spiro atoms. The van der Waals surface area contributed by atoms with Crippen LogP contribution in [0.5, 0.6) is 0 Å². The van der Waals surface area contributed by atoms with Crippen LogP contribution in [-0.2, 0) is 9.53 Å². The Hall–Kier alpha value is -0.610. The standard InChI is InChI=1S/C34H70N2O2/c1-4-7-10-13-16-20-26-33(27-21-17-14-11-8-5-2)38-34(37)28-22-18-15-19-24-31-36(32-25-29-35)30-23-12-9-6-3/h33H,4-32,35H2,1-3H3. The average Bonchev–Trinajstić information content (AvgIpc) is 2.92. The van der Waals surface area contributed by atoms with Crippen LogP contribution in [0.3, 0.4) is 0 Å². The second kappa shape index (κ2) is 30.9. The molecule has 0 fully saturated rings. The molecule has 0 heterocycles. The van der Waals surface area contributed by atoms with E-state index in [1.54, 1.807) is 0 Å². The predicted octanol–water partition coefficient (Wildman–Crippen LogP) is 9.97. The van der Waals surface area contributed by atoms with Gasteiger partial charge in [-0.2, -0.15) is 0 Å². The largest absolute Gasteiger partial charge is 0.462 e. The number of carbonyl (C=O) groups is 1. The number of nitrogens with two attached hydrogens (primary N) is 1. The van der Waals surface area contributed by atoms with Crippen molar-refractivity contribution in [2.24, 2.45) is 5.73 Å². The number of hydrogen-bond donors (Lipinski definition) is 1. The maximum Gasteiger partial charge on any atom is 0.306 e. The lowest BCUT2D eigenvalue weighted by atomic mass is 10.0. The van der Waals surface area contributed by atoms with Gasteiger partial charge in [0.15, 0.2) is 0 Å². The normalized spacial score (nSPS) is 11.6. The lowest BCUT2D eigenvalue weighted by Gasteiger charge is -2.22. The van der Waals surface area contributed by atoms with Gasteiger partial charge >= 0.3 is 5.97 Å². The van der Waals surface area contributed by atoms with Gasteiger partial charge in [-0.05, 0) is 77.5 Å². The highest BCUT2D eigenvalue weighted by molar-refractivity contribution is 5.69. The van der Waals surface area contributed by atoms with Crippen LogP contribution in [0.15, 0.2) is 0 Å². The summed E-state index contributed by atoms with van der Waals surface area (Å²) in [7, 11) is 0. The minimum absolute atomic E-state index is 0.0482. The molecule has 0 aliphatic heterocycles. The molecule has 0 amide bonds. The zero-order valence-electron chi connectivity index (χ0n) is 26.4. The molecule has 4 nitrogen and oxygen atoms in total. The topological polar surface area (TPSA) is 55.6 Å². The number of nitrogens with zero attached hydrogens (tertiary/aromatic N) is 1. The van der Waals surface area contributed by atoms with E-state index in [4.69, 9.17) is 10.5 Å². The van der Waals surface area contributed by atoms with Gasteiger partial charge in [-0.3, -0.25) is 4.79 Å². The second-order valence-electron chi connectivity index (χ2n) is 11.8. The molecule has 0 aliphatic carbocycles. The van der Waals surface area contributed by atoms with Crippen molar-refractivity contribution >= 4 is 5.97 Å². The molecule has 38 heavy (non-hydrogen) atoms. The number of unbranched alkanes of at least 4 members (excludes halogenated alkanes) is 17. The summed E-state index contributed by atoms with van der Waals surface area (Å²) in [4.78, 5) is 15.2. The SMILES string of the molecule is CCCCCCCCC(CCCCCCCC)OC(=O)CCCCCCCN(CCCN)CCCCCC. The van der Waals surface area contributed by atoms with E-state index < -0.39 is 0 Å². The fourth-order valence-corrected chi connectivity index (χ4v) is 5.36. The van der Waals surface area contributed by atoms with Crippen LogP contribution in [0.25, 0.3) is 0 Å². The minimum Gasteiger partial charge on any atom is -0.462 e. The van der Waals surface area contributed by atoms with Crippen molar-refractivity contribution in [2.45, 2.75) is 187 Å². The van der Waals surface area contributed by atoms with Crippen molar-refractivity contribution in [1.82, 2.24) is 4.90 Å². The van der Waals surface area contributed by atoms with Crippen LogP contribution in [0.1, 0.15) is 181 Å². The molecule has 0 unspecified atom stereocenters. The predicted molar refractivity (Wildman–Crippen MR) is 168 cm³/mol. The summed E-state index contributed by atoms with van der Waals surface area (Å²) in [6.45, 7) is 11.2. The zero-order chi connectivity index (χ0) is 27.9. The molecule has 0 atom stereocenters. The maximum absolute atomic E-state index is 12.6. The van der Waals surface area contributed by atoms with E-state index in [1.165, 1.54) is 135 Å². The van der Waals surface area contributed by atoms with E-state index in [2.05, 4.69) is 25.7 Å². The molecular weight excluding hydrogens is 468 g/mol. The third-order valence-electron chi connectivity index (χ3n) is 7.92. The van der Waals surface area contributed by atoms with Crippen molar-refractivity contribution in [3.8, 4) is 0 Å². The van der Waals surface area contributed by atoms with E-state index in [0.717, 1.165) is 45.2 Å². The van der Waals surface area contributed by atoms with Crippen molar-refractivity contribution in [2.75, 3.05) is 26.2 Å². The van der Waals surface area contributed by atoms with Crippen LogP contribution >= 0.6 is 0 Å². The third-order valence-corrected chi connectivity index (χ3v) is 7.92. The van der Waals surface area contributed by atoms with Gasteiger partial charge in [-0.15, -0.1) is 0 Å². The lowest BCUT2D eigenvalue weighted by Crippen LogP contribution is -2.28. The monoisotopic (exact) mass is 539 g/mol. The Balaban J connectivity index is 4.09. The molecule has 0 aromatic heterocycles. The molecule has 0 bridgehead atoms. The molecule has 0 saturated carbocycles. The van der Waals surface area contributed by atoms with Crippen molar-refractivity contribution < 1.29 is 9.53 Å². The Bertz CT molecular complexity index is 455. The number of hydrogen-bond acceptors (Lipinski definition) is 4. The summed E-state index contributed by atoms with van der Waals surface area (Å²) in [5.41, 5.74) is 5.75. The first-order chi connectivity index (χ1) is 18.7. The van der Waals surface area contributed by atoms with Crippen LogP contribution in [-0.4, -0.2) is 43.2 Å². The van der Waals surface area contributed by atoms with Gasteiger partial charge in [0, 0.05) is 6.42 Å². The molecule has 2 N–H and O–H groups in total. The van der Waals surface area contributed by atoms with Crippen LogP contribution in [0.2, 0.25) is 0 Å². The first-order valence-electron chi connectivity index (χ1n) is 17.3. The molecule has 4 heteroatoms. The summed E-state index contributed by atoms with van der Waals surface area (Å²) >= 11 is 0. The summed E-state index contributed by atoms with van der Waals surface area (Å²) in [5, 5.41) is 0. The number of ether oxygens (including phenoxy) is 1. The Morgan fingerprint density at radius 2 is 0.947 bits per heavy atom. The summed E-state index contributed by atoms with van der Waals surface area (Å²) in [6, 6.07) is 0. The summed E-state index contributed by atoms with van der Waals surface area (Å²) < 4.78 is 6.00. The van der Waals surface area contributed by atoms with Gasteiger partial charge in [0.1, 0.15) is 6.10 Å². The van der Waals surface area contributed by atoms with Crippen LogP contribution < -0.4 is 5.73 Å². The number of rotatable bonds is 31. The Morgan fingerprint density at radius 1 is 0.553 bits per heavy atom. The lowest BCUT2D eigenvalue weighted by molar-refractivity contribution is -0.150. The molecular formula is C34H70N2O2. The molecule has 0 rings (SSSR count). The number of carbonyl (C=O) groups excluding carboxylic acids is 1. The van der Waals surface area contributed by atoms with E-state index >= 15 is 0 Å². The highest BCUT2D eigenvalue weighted by Crippen LogP contribution is 2.18. The Labute approximate surface area is 239 Å². The van der Waals surface area contributed by atoms with Crippen LogP contribution in [0, 0.1) is 0 Å². The number of esters is 1. The van der Waals surface area contributed by atoms with Gasteiger partial charge in [0.2, 0.25) is 0 Å². The van der Waals surface area contributed by atoms with E-state index in [9.17, 15) is 4.79 Å². The smallest absolute Gasteiger partial charge is 0.306 e. The van der Waals surface area contributed by atoms with Crippen molar-refractivity contribution in [3.63, 3.8) is 0 Å². The molecule has 0 aromatic rings. The maximum atomic E-state index is 12.6. The zero-order valence-corrected chi connectivity index (χ0v) is 26.4. The Morgan fingerprint density at radius 3 is 1.45 bits per heavy atom. The molecule has 0 saturated heterocycles. The fourth-order valence-electron chi connectivity index (χ4n) is 5.36.